The average Bonchev–Trinajstić information content (AvgIpc) is 2.08. The summed E-state index contributed by atoms with van der Waals surface area (Å²) in [5.41, 5.74) is 0. The molecular formula is C12H27N. The van der Waals surface area contributed by atoms with E-state index in [1.54, 1.807) is 0 Å². The van der Waals surface area contributed by atoms with E-state index in [2.05, 4.69) is 26.1 Å². The normalized spacial score (nSPS) is 13.6. The van der Waals surface area contributed by atoms with E-state index in [0.717, 1.165) is 11.8 Å². The molecule has 0 spiro atoms. The summed E-state index contributed by atoms with van der Waals surface area (Å²) >= 11 is 0. The molecule has 0 rings (SSSR count). The Morgan fingerprint density at radius 2 is 1.54 bits per heavy atom. The topological polar surface area (TPSA) is 12.0 Å². The maximum atomic E-state index is 3.21. The third-order valence-electron chi connectivity index (χ3n) is 2.62. The van der Waals surface area contributed by atoms with Crippen molar-refractivity contribution in [3.05, 3.63) is 0 Å². The highest BCUT2D eigenvalue weighted by Gasteiger charge is 2.01. The van der Waals surface area contributed by atoms with Crippen molar-refractivity contribution >= 4 is 0 Å². The van der Waals surface area contributed by atoms with E-state index < -0.39 is 0 Å². The van der Waals surface area contributed by atoms with Gasteiger partial charge in [-0.3, -0.25) is 0 Å². The number of hydrogen-bond acceptors (Lipinski definition) is 1. The predicted octanol–water partition coefficient (Wildman–Crippen LogP) is 3.45. The van der Waals surface area contributed by atoms with Crippen LogP contribution in [0.4, 0.5) is 0 Å². The SMILES string of the molecule is CNCCC(C)CCCCC(C)C. The largest absolute Gasteiger partial charge is 0.320 e. The molecule has 1 heteroatoms. The Morgan fingerprint density at radius 1 is 0.923 bits per heavy atom. The summed E-state index contributed by atoms with van der Waals surface area (Å²) in [7, 11) is 2.03. The van der Waals surface area contributed by atoms with Crippen LogP contribution in [0.3, 0.4) is 0 Å². The van der Waals surface area contributed by atoms with Crippen molar-refractivity contribution < 1.29 is 0 Å². The van der Waals surface area contributed by atoms with Gasteiger partial charge in [0.05, 0.1) is 0 Å². The fourth-order valence-electron chi connectivity index (χ4n) is 1.58. The molecule has 0 saturated carbocycles. The summed E-state index contributed by atoms with van der Waals surface area (Å²) in [5, 5.41) is 3.21. The van der Waals surface area contributed by atoms with Crippen LogP contribution in [0.25, 0.3) is 0 Å². The Balaban J connectivity index is 3.12. The molecule has 0 bridgehead atoms. The molecule has 0 aromatic heterocycles. The summed E-state index contributed by atoms with van der Waals surface area (Å²) in [6, 6.07) is 0. The molecule has 0 amide bonds. The quantitative estimate of drug-likeness (QED) is 0.571. The minimum atomic E-state index is 0.882. The molecular weight excluding hydrogens is 158 g/mol. The standard InChI is InChI=1S/C12H27N/c1-11(2)7-5-6-8-12(3)9-10-13-4/h11-13H,5-10H2,1-4H3. The lowest BCUT2D eigenvalue weighted by Gasteiger charge is -2.11. The van der Waals surface area contributed by atoms with Gasteiger partial charge in [-0.05, 0) is 31.8 Å². The molecule has 0 aliphatic rings. The van der Waals surface area contributed by atoms with Crippen molar-refractivity contribution in [3.63, 3.8) is 0 Å². The highest BCUT2D eigenvalue weighted by molar-refractivity contribution is 4.56. The molecule has 0 aromatic carbocycles. The van der Waals surface area contributed by atoms with Crippen LogP contribution in [-0.4, -0.2) is 13.6 Å². The van der Waals surface area contributed by atoms with Gasteiger partial charge < -0.3 is 5.32 Å². The summed E-state index contributed by atoms with van der Waals surface area (Å²) in [5.74, 6) is 1.78. The van der Waals surface area contributed by atoms with Gasteiger partial charge in [-0.25, -0.2) is 0 Å². The summed E-state index contributed by atoms with van der Waals surface area (Å²) in [6.07, 6.45) is 6.98. The van der Waals surface area contributed by atoms with Crippen molar-refractivity contribution in [2.45, 2.75) is 52.9 Å². The molecule has 1 atom stereocenters. The summed E-state index contributed by atoms with van der Waals surface area (Å²) in [4.78, 5) is 0. The van der Waals surface area contributed by atoms with Gasteiger partial charge in [0, 0.05) is 0 Å². The number of nitrogens with one attached hydrogen (secondary N) is 1. The number of hydrogen-bond donors (Lipinski definition) is 1. The molecule has 0 aliphatic heterocycles. The zero-order valence-electron chi connectivity index (χ0n) is 9.90. The van der Waals surface area contributed by atoms with E-state index in [9.17, 15) is 0 Å². The van der Waals surface area contributed by atoms with E-state index in [-0.39, 0.29) is 0 Å². The van der Waals surface area contributed by atoms with Gasteiger partial charge in [0.1, 0.15) is 0 Å². The first-order valence-corrected chi connectivity index (χ1v) is 5.81. The van der Waals surface area contributed by atoms with E-state index in [1.807, 2.05) is 7.05 Å². The van der Waals surface area contributed by atoms with E-state index in [0.29, 0.717) is 0 Å². The van der Waals surface area contributed by atoms with Crippen LogP contribution in [-0.2, 0) is 0 Å². The molecule has 0 aliphatic carbocycles. The first kappa shape index (κ1) is 13.0. The molecule has 1 N–H and O–H groups in total. The number of rotatable bonds is 8. The lowest BCUT2D eigenvalue weighted by molar-refractivity contribution is 0.437. The molecule has 0 radical (unpaired) electrons. The molecule has 1 nitrogen and oxygen atoms in total. The molecule has 1 unspecified atom stereocenters. The molecule has 0 fully saturated rings. The zero-order chi connectivity index (χ0) is 10.1. The molecule has 13 heavy (non-hydrogen) atoms. The highest BCUT2D eigenvalue weighted by atomic mass is 14.8. The summed E-state index contributed by atoms with van der Waals surface area (Å²) < 4.78 is 0. The van der Waals surface area contributed by atoms with Gasteiger partial charge in [-0.15, -0.1) is 0 Å². The van der Waals surface area contributed by atoms with Crippen LogP contribution < -0.4 is 5.32 Å². The van der Waals surface area contributed by atoms with Crippen LogP contribution in [0.15, 0.2) is 0 Å². The Hall–Kier alpha value is -0.0400. The maximum Gasteiger partial charge on any atom is -0.00494 e. The minimum absolute atomic E-state index is 0.882. The van der Waals surface area contributed by atoms with E-state index in [4.69, 9.17) is 0 Å². The monoisotopic (exact) mass is 185 g/mol. The highest BCUT2D eigenvalue weighted by Crippen LogP contribution is 2.14. The lowest BCUT2D eigenvalue weighted by atomic mass is 9.98. The predicted molar refractivity (Wildman–Crippen MR) is 61.0 cm³/mol. The van der Waals surface area contributed by atoms with E-state index in [1.165, 1.54) is 38.6 Å². The first-order valence-electron chi connectivity index (χ1n) is 5.81. The zero-order valence-corrected chi connectivity index (χ0v) is 9.90. The van der Waals surface area contributed by atoms with Crippen LogP contribution >= 0.6 is 0 Å². The van der Waals surface area contributed by atoms with Crippen LogP contribution in [0.5, 0.6) is 0 Å². The second kappa shape index (κ2) is 8.55. The van der Waals surface area contributed by atoms with Gasteiger partial charge in [0.2, 0.25) is 0 Å². The van der Waals surface area contributed by atoms with Gasteiger partial charge in [0.25, 0.3) is 0 Å². The molecule has 0 heterocycles. The second-order valence-electron chi connectivity index (χ2n) is 4.68. The third kappa shape index (κ3) is 9.88. The molecule has 80 valence electrons. The smallest absolute Gasteiger partial charge is 0.00494 e. The van der Waals surface area contributed by atoms with Gasteiger partial charge in [-0.2, -0.15) is 0 Å². The van der Waals surface area contributed by atoms with Crippen molar-refractivity contribution in [2.75, 3.05) is 13.6 Å². The fourth-order valence-corrected chi connectivity index (χ4v) is 1.58. The van der Waals surface area contributed by atoms with Gasteiger partial charge in [-0.1, -0.05) is 46.5 Å². The number of unbranched alkanes of at least 4 members (excludes halogenated alkanes) is 1. The summed E-state index contributed by atoms with van der Waals surface area (Å²) in [6.45, 7) is 8.16. The van der Waals surface area contributed by atoms with Gasteiger partial charge in [0.15, 0.2) is 0 Å². The Bertz CT molecular complexity index is 99.3. The second-order valence-corrected chi connectivity index (χ2v) is 4.68. The first-order chi connectivity index (χ1) is 6.16. The van der Waals surface area contributed by atoms with Crippen LogP contribution in [0, 0.1) is 11.8 Å². The van der Waals surface area contributed by atoms with Crippen molar-refractivity contribution in [2.24, 2.45) is 11.8 Å². The van der Waals surface area contributed by atoms with Crippen molar-refractivity contribution in [3.8, 4) is 0 Å². The third-order valence-corrected chi connectivity index (χ3v) is 2.62. The lowest BCUT2D eigenvalue weighted by Crippen LogP contribution is -2.11. The maximum absolute atomic E-state index is 3.21. The Kier molecular flexibility index (Phi) is 8.53. The molecule has 0 saturated heterocycles. The van der Waals surface area contributed by atoms with Crippen molar-refractivity contribution in [1.29, 1.82) is 0 Å². The Morgan fingerprint density at radius 3 is 2.08 bits per heavy atom. The van der Waals surface area contributed by atoms with Crippen LogP contribution in [0.2, 0.25) is 0 Å². The van der Waals surface area contributed by atoms with Crippen LogP contribution in [0.1, 0.15) is 52.9 Å². The van der Waals surface area contributed by atoms with Gasteiger partial charge >= 0.3 is 0 Å². The van der Waals surface area contributed by atoms with Crippen molar-refractivity contribution in [1.82, 2.24) is 5.32 Å². The minimum Gasteiger partial charge on any atom is -0.320 e. The average molecular weight is 185 g/mol. The van der Waals surface area contributed by atoms with E-state index >= 15 is 0 Å². The fraction of sp³-hybridized carbons (Fsp3) is 1.00. The Labute approximate surface area is 84.3 Å². The molecule has 0 aromatic rings.